The Kier molecular flexibility index (Phi) is 5.97. The number of hydrogen-bond acceptors (Lipinski definition) is 4. The number of piperidine rings is 1. The highest BCUT2D eigenvalue weighted by Crippen LogP contribution is 2.46. The Bertz CT molecular complexity index is 864. The molecule has 1 saturated heterocycles. The van der Waals surface area contributed by atoms with Crippen molar-refractivity contribution in [3.05, 3.63) is 56.8 Å². The van der Waals surface area contributed by atoms with E-state index in [1.54, 1.807) is 0 Å². The molecule has 0 radical (unpaired) electrons. The van der Waals surface area contributed by atoms with Gasteiger partial charge in [0.2, 0.25) is 6.43 Å². The number of rotatable bonds is 5. The maximum absolute atomic E-state index is 13.4. The van der Waals surface area contributed by atoms with Gasteiger partial charge in [-0.1, -0.05) is 6.07 Å². The third-order valence-electron chi connectivity index (χ3n) is 5.80. The van der Waals surface area contributed by atoms with Gasteiger partial charge in [0.25, 0.3) is 0 Å². The Balaban J connectivity index is 1.42. The number of aliphatic hydroxyl groups excluding tert-OH is 1. The van der Waals surface area contributed by atoms with Crippen LogP contribution in [0.4, 0.5) is 17.6 Å². The summed E-state index contributed by atoms with van der Waals surface area (Å²) in [4.78, 5) is 3.84. The largest absolute Gasteiger partial charge is 0.387 e. The quantitative estimate of drug-likeness (QED) is 0.714. The van der Waals surface area contributed by atoms with Gasteiger partial charge in [-0.25, -0.2) is 17.6 Å². The van der Waals surface area contributed by atoms with E-state index in [1.807, 2.05) is 6.07 Å². The third-order valence-corrected chi connectivity index (χ3v) is 7.19. The molecular formula is C21H23F4NO2S. The van der Waals surface area contributed by atoms with E-state index in [0.29, 0.717) is 49.5 Å². The van der Waals surface area contributed by atoms with Crippen molar-refractivity contribution in [2.24, 2.45) is 0 Å². The highest BCUT2D eigenvalue weighted by molar-refractivity contribution is 7.12. The number of alkyl halides is 2. The van der Waals surface area contributed by atoms with E-state index in [-0.39, 0.29) is 6.42 Å². The maximum atomic E-state index is 13.4. The van der Waals surface area contributed by atoms with Gasteiger partial charge < -0.3 is 14.7 Å². The lowest BCUT2D eigenvalue weighted by Gasteiger charge is -2.44. The first-order chi connectivity index (χ1) is 13.9. The molecule has 1 fully saturated rings. The average molecular weight is 429 g/mol. The SMILES string of the molecule is OC(CN1CCC2(CC1)OCCc1cc(CC(F)F)sc12)c1ccc(F)c(F)c1. The van der Waals surface area contributed by atoms with E-state index in [4.69, 9.17) is 4.74 Å². The molecule has 1 spiro atoms. The number of likely N-dealkylation sites (tertiary alicyclic amines) is 1. The molecule has 2 aliphatic rings. The smallest absolute Gasteiger partial charge is 0.243 e. The van der Waals surface area contributed by atoms with E-state index < -0.39 is 29.8 Å². The third kappa shape index (κ3) is 4.35. The molecule has 1 atom stereocenters. The highest BCUT2D eigenvalue weighted by Gasteiger charge is 2.42. The van der Waals surface area contributed by atoms with Crippen LogP contribution in [-0.2, 0) is 23.2 Å². The van der Waals surface area contributed by atoms with Crippen molar-refractivity contribution in [1.82, 2.24) is 4.90 Å². The maximum Gasteiger partial charge on any atom is 0.243 e. The van der Waals surface area contributed by atoms with Crippen LogP contribution >= 0.6 is 11.3 Å². The molecule has 0 amide bonds. The molecule has 4 rings (SSSR count). The molecule has 158 valence electrons. The highest BCUT2D eigenvalue weighted by atomic mass is 32.1. The van der Waals surface area contributed by atoms with Crippen LogP contribution in [-0.4, -0.2) is 42.7 Å². The summed E-state index contributed by atoms with van der Waals surface area (Å²) < 4.78 is 58.2. The number of aliphatic hydroxyl groups is 1. The fraction of sp³-hybridized carbons (Fsp3) is 0.524. The average Bonchev–Trinajstić information content (AvgIpc) is 3.09. The van der Waals surface area contributed by atoms with Crippen molar-refractivity contribution in [3.63, 3.8) is 0 Å². The second kappa shape index (κ2) is 8.34. The Morgan fingerprint density at radius 1 is 1.14 bits per heavy atom. The lowest BCUT2D eigenvalue weighted by Crippen LogP contribution is -2.46. The normalized spacial score (nSPS) is 20.2. The van der Waals surface area contributed by atoms with Crippen molar-refractivity contribution < 1.29 is 27.4 Å². The van der Waals surface area contributed by atoms with Crippen LogP contribution in [0.25, 0.3) is 0 Å². The molecule has 2 aliphatic heterocycles. The number of thiophene rings is 1. The summed E-state index contributed by atoms with van der Waals surface area (Å²) in [5.74, 6) is -1.91. The number of fused-ring (bicyclic) bond motifs is 2. The predicted octanol–water partition coefficient (Wildman–Crippen LogP) is 4.43. The zero-order valence-corrected chi connectivity index (χ0v) is 16.7. The van der Waals surface area contributed by atoms with Crippen LogP contribution < -0.4 is 0 Å². The summed E-state index contributed by atoms with van der Waals surface area (Å²) >= 11 is 1.43. The van der Waals surface area contributed by atoms with E-state index in [1.165, 1.54) is 17.4 Å². The minimum Gasteiger partial charge on any atom is -0.387 e. The fourth-order valence-corrected chi connectivity index (χ4v) is 5.68. The lowest BCUT2D eigenvalue weighted by molar-refractivity contribution is -0.0982. The molecule has 2 aromatic rings. The second-order valence-electron chi connectivity index (χ2n) is 7.74. The number of β-amino-alcohol motifs (C(OH)–C–C–N with tert-alkyl or cyclic N) is 1. The van der Waals surface area contributed by atoms with Crippen LogP contribution in [0.15, 0.2) is 24.3 Å². The van der Waals surface area contributed by atoms with E-state index >= 15 is 0 Å². The van der Waals surface area contributed by atoms with Crippen molar-refractivity contribution >= 4 is 11.3 Å². The number of ether oxygens (including phenoxy) is 1. The van der Waals surface area contributed by atoms with Gasteiger partial charge in [0, 0.05) is 35.8 Å². The molecule has 1 unspecified atom stereocenters. The molecule has 1 N–H and O–H groups in total. The van der Waals surface area contributed by atoms with Crippen molar-refractivity contribution in [3.8, 4) is 0 Å². The molecule has 8 heteroatoms. The van der Waals surface area contributed by atoms with Gasteiger partial charge in [0.05, 0.1) is 12.7 Å². The zero-order chi connectivity index (χ0) is 20.6. The first-order valence-electron chi connectivity index (χ1n) is 9.76. The van der Waals surface area contributed by atoms with Crippen molar-refractivity contribution in [1.29, 1.82) is 0 Å². The standard InChI is InChI=1S/C21H23F4NO2S/c22-16-2-1-13(10-17(16)23)18(27)12-26-6-4-21(5-7-26)20-14(3-8-28-21)9-15(29-20)11-19(24)25/h1-2,9-10,18-19,27H,3-8,11-12H2. The summed E-state index contributed by atoms with van der Waals surface area (Å²) in [6.45, 7) is 2.23. The Morgan fingerprint density at radius 2 is 1.90 bits per heavy atom. The summed E-state index contributed by atoms with van der Waals surface area (Å²) in [6, 6.07) is 5.33. The van der Waals surface area contributed by atoms with E-state index in [9.17, 15) is 22.7 Å². The Hall–Kier alpha value is -1.48. The van der Waals surface area contributed by atoms with Crippen LogP contribution in [0.3, 0.4) is 0 Å². The Labute approximate surface area is 170 Å². The van der Waals surface area contributed by atoms with E-state index in [2.05, 4.69) is 4.90 Å². The fourth-order valence-electron chi connectivity index (χ4n) is 4.27. The summed E-state index contributed by atoms with van der Waals surface area (Å²) in [5, 5.41) is 10.4. The van der Waals surface area contributed by atoms with Gasteiger partial charge >= 0.3 is 0 Å². The molecule has 0 aliphatic carbocycles. The summed E-state index contributed by atoms with van der Waals surface area (Å²) in [7, 11) is 0. The second-order valence-corrected chi connectivity index (χ2v) is 8.88. The molecule has 1 aromatic heterocycles. The van der Waals surface area contributed by atoms with Crippen LogP contribution in [0.2, 0.25) is 0 Å². The zero-order valence-electron chi connectivity index (χ0n) is 15.8. The number of benzene rings is 1. The van der Waals surface area contributed by atoms with Crippen LogP contribution in [0.1, 0.15) is 39.8 Å². The molecule has 29 heavy (non-hydrogen) atoms. The molecule has 0 saturated carbocycles. The summed E-state index contributed by atoms with van der Waals surface area (Å²) in [6.07, 6.45) is -1.33. The predicted molar refractivity (Wildman–Crippen MR) is 102 cm³/mol. The number of hydrogen-bond donors (Lipinski definition) is 1. The van der Waals surface area contributed by atoms with Crippen molar-refractivity contribution in [2.75, 3.05) is 26.2 Å². The first kappa shape index (κ1) is 20.8. The van der Waals surface area contributed by atoms with Gasteiger partial charge in [-0.2, -0.15) is 0 Å². The molecular weight excluding hydrogens is 406 g/mol. The van der Waals surface area contributed by atoms with Crippen LogP contribution in [0.5, 0.6) is 0 Å². The molecule has 3 heterocycles. The number of halogens is 4. The molecule has 0 bridgehead atoms. The minimum absolute atomic E-state index is 0.222. The van der Waals surface area contributed by atoms with Gasteiger partial charge in [-0.05, 0) is 48.6 Å². The Morgan fingerprint density at radius 3 is 2.59 bits per heavy atom. The monoisotopic (exact) mass is 429 g/mol. The first-order valence-corrected chi connectivity index (χ1v) is 10.6. The lowest BCUT2D eigenvalue weighted by atomic mass is 9.85. The topological polar surface area (TPSA) is 32.7 Å². The van der Waals surface area contributed by atoms with Gasteiger partial charge in [0.1, 0.15) is 5.60 Å². The van der Waals surface area contributed by atoms with E-state index in [0.717, 1.165) is 29.0 Å². The van der Waals surface area contributed by atoms with Gasteiger partial charge in [-0.3, -0.25) is 0 Å². The van der Waals surface area contributed by atoms with Gasteiger partial charge in [-0.15, -0.1) is 11.3 Å². The van der Waals surface area contributed by atoms with Gasteiger partial charge in [0.15, 0.2) is 11.6 Å². The summed E-state index contributed by atoms with van der Waals surface area (Å²) in [5.41, 5.74) is 1.02. The van der Waals surface area contributed by atoms with Crippen LogP contribution in [0, 0.1) is 11.6 Å². The molecule has 1 aromatic carbocycles. The number of nitrogens with zero attached hydrogens (tertiary/aromatic N) is 1. The molecule has 3 nitrogen and oxygen atoms in total. The minimum atomic E-state index is -2.35. The van der Waals surface area contributed by atoms with Crippen molar-refractivity contribution in [2.45, 2.75) is 43.8 Å².